The van der Waals surface area contributed by atoms with Crippen molar-refractivity contribution in [1.82, 2.24) is 15.2 Å². The van der Waals surface area contributed by atoms with E-state index in [2.05, 4.69) is 10.3 Å². The third-order valence-electron chi connectivity index (χ3n) is 2.71. The Balaban J connectivity index is 1.81. The Bertz CT molecular complexity index is 372. The molecular formula is C12H17N3O2. The lowest BCUT2D eigenvalue weighted by Gasteiger charge is -2.26. The molecule has 0 bridgehead atoms. The number of nitrogens with one attached hydrogen (secondary N) is 1. The summed E-state index contributed by atoms with van der Waals surface area (Å²) in [6, 6.07) is 3.88. The standard InChI is InChI=1S/C12H17N3O2/c1-10-2-3-11(8-13-10)9-14-12(16)15-4-6-17-7-5-15/h2-3,8H,4-7,9H2,1H3,(H,14,16). The number of rotatable bonds is 2. The quantitative estimate of drug-likeness (QED) is 0.829. The van der Waals surface area contributed by atoms with Crippen LogP contribution in [-0.2, 0) is 11.3 Å². The minimum absolute atomic E-state index is 0.0334. The van der Waals surface area contributed by atoms with E-state index >= 15 is 0 Å². The third kappa shape index (κ3) is 3.42. The van der Waals surface area contributed by atoms with Gasteiger partial charge >= 0.3 is 6.03 Å². The van der Waals surface area contributed by atoms with Gasteiger partial charge in [0.15, 0.2) is 0 Å². The number of hydrogen-bond acceptors (Lipinski definition) is 3. The predicted octanol–water partition coefficient (Wildman–Crippen LogP) is 0.932. The van der Waals surface area contributed by atoms with E-state index < -0.39 is 0 Å². The molecule has 0 aliphatic carbocycles. The summed E-state index contributed by atoms with van der Waals surface area (Å²) in [6.07, 6.45) is 1.79. The Kier molecular flexibility index (Phi) is 3.93. The van der Waals surface area contributed by atoms with Crippen molar-refractivity contribution in [2.75, 3.05) is 26.3 Å². The van der Waals surface area contributed by atoms with Crippen molar-refractivity contribution in [1.29, 1.82) is 0 Å². The summed E-state index contributed by atoms with van der Waals surface area (Å²) in [4.78, 5) is 17.7. The van der Waals surface area contributed by atoms with Crippen LogP contribution in [0.25, 0.3) is 0 Å². The van der Waals surface area contributed by atoms with Crippen LogP contribution in [0.1, 0.15) is 11.3 Å². The van der Waals surface area contributed by atoms with Gasteiger partial charge in [-0.05, 0) is 18.6 Å². The van der Waals surface area contributed by atoms with Crippen LogP contribution in [-0.4, -0.2) is 42.2 Å². The van der Waals surface area contributed by atoms with Crippen molar-refractivity contribution in [3.63, 3.8) is 0 Å². The molecule has 2 rings (SSSR count). The number of urea groups is 1. The maximum atomic E-state index is 11.8. The molecule has 0 radical (unpaired) electrons. The van der Waals surface area contributed by atoms with Gasteiger partial charge in [0.1, 0.15) is 0 Å². The second-order valence-corrected chi connectivity index (χ2v) is 4.07. The number of pyridine rings is 1. The number of aryl methyl sites for hydroxylation is 1. The maximum absolute atomic E-state index is 11.8. The van der Waals surface area contributed by atoms with E-state index in [-0.39, 0.29) is 6.03 Å². The zero-order valence-corrected chi connectivity index (χ0v) is 9.98. The van der Waals surface area contributed by atoms with Crippen molar-refractivity contribution in [3.8, 4) is 0 Å². The minimum atomic E-state index is -0.0334. The largest absolute Gasteiger partial charge is 0.378 e. The van der Waals surface area contributed by atoms with Crippen LogP contribution in [0.2, 0.25) is 0 Å². The number of carbonyl (C=O) groups excluding carboxylic acids is 1. The monoisotopic (exact) mass is 235 g/mol. The summed E-state index contributed by atoms with van der Waals surface area (Å²) in [5, 5.41) is 2.88. The summed E-state index contributed by atoms with van der Waals surface area (Å²) in [6.45, 7) is 5.04. The number of amides is 2. The van der Waals surface area contributed by atoms with Gasteiger partial charge in [-0.3, -0.25) is 4.98 Å². The fourth-order valence-corrected chi connectivity index (χ4v) is 1.66. The zero-order valence-electron chi connectivity index (χ0n) is 9.98. The van der Waals surface area contributed by atoms with Crippen LogP contribution in [0.4, 0.5) is 4.79 Å². The number of hydrogen-bond donors (Lipinski definition) is 1. The van der Waals surface area contributed by atoms with Crippen molar-refractivity contribution in [3.05, 3.63) is 29.6 Å². The molecule has 2 heterocycles. The molecule has 0 spiro atoms. The molecule has 1 aromatic heterocycles. The predicted molar refractivity (Wildman–Crippen MR) is 63.6 cm³/mol. The molecule has 0 aromatic carbocycles. The molecule has 92 valence electrons. The molecule has 1 N–H and O–H groups in total. The molecule has 1 fully saturated rings. The Morgan fingerprint density at radius 3 is 2.88 bits per heavy atom. The highest BCUT2D eigenvalue weighted by molar-refractivity contribution is 5.74. The summed E-state index contributed by atoms with van der Waals surface area (Å²) in [7, 11) is 0. The Morgan fingerprint density at radius 1 is 1.47 bits per heavy atom. The van der Waals surface area contributed by atoms with Gasteiger partial charge in [-0.25, -0.2) is 4.79 Å². The molecule has 1 aliphatic rings. The summed E-state index contributed by atoms with van der Waals surface area (Å²) >= 11 is 0. The first-order valence-corrected chi connectivity index (χ1v) is 5.78. The molecule has 0 unspecified atom stereocenters. The van der Waals surface area contributed by atoms with Gasteiger partial charge in [0.05, 0.1) is 13.2 Å². The first-order chi connectivity index (χ1) is 8.25. The molecule has 5 heteroatoms. The van der Waals surface area contributed by atoms with E-state index in [1.807, 2.05) is 19.1 Å². The molecule has 1 aliphatic heterocycles. The second kappa shape index (κ2) is 5.63. The Hall–Kier alpha value is -1.62. The van der Waals surface area contributed by atoms with Crippen LogP contribution in [0, 0.1) is 6.92 Å². The molecule has 0 atom stereocenters. The summed E-state index contributed by atoms with van der Waals surface area (Å²) in [5.41, 5.74) is 1.99. The van der Waals surface area contributed by atoms with Gasteiger partial charge in [-0.1, -0.05) is 6.07 Å². The zero-order chi connectivity index (χ0) is 12.1. The lowest BCUT2D eigenvalue weighted by molar-refractivity contribution is 0.0531. The van der Waals surface area contributed by atoms with Crippen LogP contribution < -0.4 is 5.32 Å². The second-order valence-electron chi connectivity index (χ2n) is 4.07. The van der Waals surface area contributed by atoms with Crippen LogP contribution in [0.3, 0.4) is 0 Å². The molecule has 1 aromatic rings. The van der Waals surface area contributed by atoms with Crippen molar-refractivity contribution in [2.24, 2.45) is 0 Å². The van der Waals surface area contributed by atoms with Gasteiger partial charge in [0.25, 0.3) is 0 Å². The highest BCUT2D eigenvalue weighted by Gasteiger charge is 2.15. The summed E-state index contributed by atoms with van der Waals surface area (Å²) < 4.78 is 5.19. The van der Waals surface area contributed by atoms with Gasteiger partial charge in [0.2, 0.25) is 0 Å². The van der Waals surface area contributed by atoms with E-state index in [0.717, 1.165) is 11.3 Å². The molecule has 0 saturated carbocycles. The van der Waals surface area contributed by atoms with Crippen molar-refractivity contribution < 1.29 is 9.53 Å². The number of aromatic nitrogens is 1. The lowest BCUT2D eigenvalue weighted by Crippen LogP contribution is -2.45. The highest BCUT2D eigenvalue weighted by Crippen LogP contribution is 2.01. The smallest absolute Gasteiger partial charge is 0.317 e. The number of carbonyl (C=O) groups is 1. The number of nitrogens with zero attached hydrogens (tertiary/aromatic N) is 2. The fourth-order valence-electron chi connectivity index (χ4n) is 1.66. The molecule has 5 nitrogen and oxygen atoms in total. The van der Waals surface area contributed by atoms with Crippen LogP contribution in [0.5, 0.6) is 0 Å². The van der Waals surface area contributed by atoms with Crippen LogP contribution >= 0.6 is 0 Å². The van der Waals surface area contributed by atoms with E-state index in [1.165, 1.54) is 0 Å². The Labute approximate surface area is 101 Å². The third-order valence-corrected chi connectivity index (χ3v) is 2.71. The van der Waals surface area contributed by atoms with Crippen LogP contribution in [0.15, 0.2) is 18.3 Å². The summed E-state index contributed by atoms with van der Waals surface area (Å²) in [5.74, 6) is 0. The highest BCUT2D eigenvalue weighted by atomic mass is 16.5. The van der Waals surface area contributed by atoms with E-state index in [4.69, 9.17) is 4.74 Å². The molecule has 17 heavy (non-hydrogen) atoms. The number of morpholine rings is 1. The lowest BCUT2D eigenvalue weighted by atomic mass is 10.2. The van der Waals surface area contributed by atoms with Gasteiger partial charge in [0, 0.05) is 31.5 Å². The fraction of sp³-hybridized carbons (Fsp3) is 0.500. The van der Waals surface area contributed by atoms with Gasteiger partial charge in [-0.15, -0.1) is 0 Å². The van der Waals surface area contributed by atoms with Crippen molar-refractivity contribution in [2.45, 2.75) is 13.5 Å². The maximum Gasteiger partial charge on any atom is 0.317 e. The first-order valence-electron chi connectivity index (χ1n) is 5.78. The Morgan fingerprint density at radius 2 is 2.24 bits per heavy atom. The van der Waals surface area contributed by atoms with E-state index in [9.17, 15) is 4.79 Å². The SMILES string of the molecule is Cc1ccc(CNC(=O)N2CCOCC2)cn1. The average molecular weight is 235 g/mol. The van der Waals surface area contributed by atoms with E-state index in [1.54, 1.807) is 11.1 Å². The van der Waals surface area contributed by atoms with Gasteiger partial charge in [-0.2, -0.15) is 0 Å². The normalized spacial score (nSPS) is 15.7. The van der Waals surface area contributed by atoms with Gasteiger partial charge < -0.3 is 15.0 Å². The topological polar surface area (TPSA) is 54.5 Å². The van der Waals surface area contributed by atoms with E-state index in [0.29, 0.717) is 32.8 Å². The van der Waals surface area contributed by atoms with Crippen molar-refractivity contribution >= 4 is 6.03 Å². The molecule has 2 amide bonds. The molecular weight excluding hydrogens is 218 g/mol. The average Bonchev–Trinajstić information content (AvgIpc) is 2.39. The minimum Gasteiger partial charge on any atom is -0.378 e. The number of ether oxygens (including phenoxy) is 1. The first kappa shape index (κ1) is 11.9. The molecule has 1 saturated heterocycles.